The van der Waals surface area contributed by atoms with Crippen molar-refractivity contribution in [2.75, 3.05) is 0 Å². The SMILES string of the molecule is CCc1cc(C#N)nc(C2CC2)n1. The molecular formula is C10H11N3. The van der Waals surface area contributed by atoms with E-state index < -0.39 is 0 Å². The van der Waals surface area contributed by atoms with Crippen LogP contribution in [0.15, 0.2) is 6.07 Å². The molecule has 0 bridgehead atoms. The summed E-state index contributed by atoms with van der Waals surface area (Å²) in [5.41, 5.74) is 1.49. The van der Waals surface area contributed by atoms with Gasteiger partial charge in [-0.2, -0.15) is 5.26 Å². The lowest BCUT2D eigenvalue weighted by molar-refractivity contribution is 0.871. The van der Waals surface area contributed by atoms with Crippen LogP contribution in [-0.2, 0) is 6.42 Å². The van der Waals surface area contributed by atoms with Crippen LogP contribution in [0.2, 0.25) is 0 Å². The maximum absolute atomic E-state index is 8.74. The zero-order chi connectivity index (χ0) is 9.26. The molecule has 1 heterocycles. The number of rotatable bonds is 2. The Kier molecular flexibility index (Phi) is 1.97. The highest BCUT2D eigenvalue weighted by molar-refractivity contribution is 5.24. The molecule has 0 saturated heterocycles. The van der Waals surface area contributed by atoms with Crippen LogP contribution >= 0.6 is 0 Å². The average Bonchev–Trinajstić information content (AvgIpc) is 3.00. The summed E-state index contributed by atoms with van der Waals surface area (Å²) in [6, 6.07) is 3.84. The van der Waals surface area contributed by atoms with Crippen molar-refractivity contribution in [2.24, 2.45) is 0 Å². The lowest BCUT2D eigenvalue weighted by Crippen LogP contribution is -1.99. The van der Waals surface area contributed by atoms with Gasteiger partial charge in [0.05, 0.1) is 0 Å². The maximum atomic E-state index is 8.74. The van der Waals surface area contributed by atoms with Gasteiger partial charge in [-0.05, 0) is 25.3 Å². The molecule has 0 amide bonds. The molecule has 0 atom stereocenters. The van der Waals surface area contributed by atoms with E-state index in [0.717, 1.165) is 17.9 Å². The largest absolute Gasteiger partial charge is 0.238 e. The highest BCUT2D eigenvalue weighted by Gasteiger charge is 2.27. The summed E-state index contributed by atoms with van der Waals surface area (Å²) in [6.45, 7) is 2.04. The van der Waals surface area contributed by atoms with Crippen molar-refractivity contribution < 1.29 is 0 Å². The van der Waals surface area contributed by atoms with E-state index in [1.165, 1.54) is 12.8 Å². The molecular weight excluding hydrogens is 162 g/mol. The molecule has 1 aliphatic rings. The molecule has 0 unspecified atom stereocenters. The second-order valence-corrected chi connectivity index (χ2v) is 3.34. The van der Waals surface area contributed by atoms with Gasteiger partial charge < -0.3 is 0 Å². The van der Waals surface area contributed by atoms with Gasteiger partial charge >= 0.3 is 0 Å². The second-order valence-electron chi connectivity index (χ2n) is 3.34. The fourth-order valence-electron chi connectivity index (χ4n) is 1.28. The molecule has 0 radical (unpaired) electrons. The predicted octanol–water partition coefficient (Wildman–Crippen LogP) is 1.79. The first-order valence-electron chi connectivity index (χ1n) is 4.61. The van der Waals surface area contributed by atoms with Crippen molar-refractivity contribution in [1.29, 1.82) is 5.26 Å². The number of hydrogen-bond donors (Lipinski definition) is 0. The van der Waals surface area contributed by atoms with Gasteiger partial charge in [-0.3, -0.25) is 0 Å². The maximum Gasteiger partial charge on any atom is 0.144 e. The van der Waals surface area contributed by atoms with Crippen LogP contribution in [0.1, 0.15) is 42.9 Å². The van der Waals surface area contributed by atoms with Crippen LogP contribution in [0.4, 0.5) is 0 Å². The lowest BCUT2D eigenvalue weighted by Gasteiger charge is -2.00. The number of nitrogens with zero attached hydrogens (tertiary/aromatic N) is 3. The minimum absolute atomic E-state index is 0.508. The fraction of sp³-hybridized carbons (Fsp3) is 0.500. The lowest BCUT2D eigenvalue weighted by atomic mass is 10.2. The van der Waals surface area contributed by atoms with E-state index >= 15 is 0 Å². The number of aromatic nitrogens is 2. The Morgan fingerprint density at radius 2 is 2.31 bits per heavy atom. The number of aryl methyl sites for hydroxylation is 1. The monoisotopic (exact) mass is 173 g/mol. The number of hydrogen-bond acceptors (Lipinski definition) is 3. The molecule has 13 heavy (non-hydrogen) atoms. The van der Waals surface area contributed by atoms with Crippen molar-refractivity contribution in [3.63, 3.8) is 0 Å². The average molecular weight is 173 g/mol. The van der Waals surface area contributed by atoms with Gasteiger partial charge in [-0.1, -0.05) is 6.92 Å². The summed E-state index contributed by atoms with van der Waals surface area (Å²) < 4.78 is 0. The first-order chi connectivity index (χ1) is 6.33. The Bertz CT molecular complexity index is 361. The normalized spacial score (nSPS) is 15.4. The molecule has 0 aliphatic heterocycles. The summed E-state index contributed by atoms with van der Waals surface area (Å²) in [7, 11) is 0. The highest BCUT2D eigenvalue weighted by atomic mass is 14.9. The van der Waals surface area contributed by atoms with E-state index in [1.807, 2.05) is 6.92 Å². The van der Waals surface area contributed by atoms with E-state index in [9.17, 15) is 0 Å². The summed E-state index contributed by atoms with van der Waals surface area (Å²) in [5.74, 6) is 1.40. The molecule has 0 spiro atoms. The Morgan fingerprint density at radius 1 is 1.54 bits per heavy atom. The van der Waals surface area contributed by atoms with Gasteiger partial charge in [0.2, 0.25) is 0 Å². The summed E-state index contributed by atoms with van der Waals surface area (Å²) in [6.07, 6.45) is 3.23. The van der Waals surface area contributed by atoms with Crippen molar-refractivity contribution in [3.05, 3.63) is 23.3 Å². The van der Waals surface area contributed by atoms with E-state index in [4.69, 9.17) is 5.26 Å². The van der Waals surface area contributed by atoms with Crippen LogP contribution in [0.25, 0.3) is 0 Å². The molecule has 1 aromatic heterocycles. The minimum atomic E-state index is 0.508. The zero-order valence-electron chi connectivity index (χ0n) is 7.62. The van der Waals surface area contributed by atoms with E-state index in [2.05, 4.69) is 16.0 Å². The molecule has 0 N–H and O–H groups in total. The topological polar surface area (TPSA) is 49.6 Å². The molecule has 3 nitrogen and oxygen atoms in total. The Balaban J connectivity index is 2.40. The van der Waals surface area contributed by atoms with Gasteiger partial charge in [0.25, 0.3) is 0 Å². The summed E-state index contributed by atoms with van der Waals surface area (Å²) in [4.78, 5) is 8.59. The van der Waals surface area contributed by atoms with E-state index in [-0.39, 0.29) is 0 Å². The van der Waals surface area contributed by atoms with Crippen LogP contribution in [0, 0.1) is 11.3 Å². The van der Waals surface area contributed by atoms with Crippen LogP contribution in [0.5, 0.6) is 0 Å². The van der Waals surface area contributed by atoms with E-state index in [1.54, 1.807) is 6.07 Å². The van der Waals surface area contributed by atoms with Gasteiger partial charge in [-0.25, -0.2) is 9.97 Å². The van der Waals surface area contributed by atoms with E-state index in [0.29, 0.717) is 11.6 Å². The molecule has 1 fully saturated rings. The Hall–Kier alpha value is -1.43. The molecule has 1 saturated carbocycles. The molecule has 2 rings (SSSR count). The molecule has 3 heteroatoms. The minimum Gasteiger partial charge on any atom is -0.238 e. The van der Waals surface area contributed by atoms with Crippen molar-refractivity contribution in [3.8, 4) is 6.07 Å². The van der Waals surface area contributed by atoms with Crippen LogP contribution in [-0.4, -0.2) is 9.97 Å². The first-order valence-corrected chi connectivity index (χ1v) is 4.61. The second kappa shape index (κ2) is 3.14. The molecule has 1 aliphatic carbocycles. The van der Waals surface area contributed by atoms with Gasteiger partial charge in [0, 0.05) is 11.6 Å². The molecule has 1 aromatic rings. The predicted molar refractivity (Wildman–Crippen MR) is 48.1 cm³/mol. The Labute approximate surface area is 77.4 Å². The van der Waals surface area contributed by atoms with Gasteiger partial charge in [0.15, 0.2) is 0 Å². The van der Waals surface area contributed by atoms with Gasteiger partial charge in [-0.15, -0.1) is 0 Å². The third-order valence-corrected chi connectivity index (χ3v) is 2.22. The third-order valence-electron chi connectivity index (χ3n) is 2.22. The quantitative estimate of drug-likeness (QED) is 0.685. The zero-order valence-corrected chi connectivity index (χ0v) is 7.62. The highest BCUT2D eigenvalue weighted by Crippen LogP contribution is 2.37. The fourth-order valence-corrected chi connectivity index (χ4v) is 1.28. The van der Waals surface area contributed by atoms with Crippen LogP contribution in [0.3, 0.4) is 0 Å². The first kappa shape index (κ1) is 8.18. The van der Waals surface area contributed by atoms with Crippen molar-refractivity contribution in [2.45, 2.75) is 32.1 Å². The summed E-state index contributed by atoms with van der Waals surface area (Å²) in [5, 5.41) is 8.74. The standard InChI is InChI=1S/C10H11N3/c1-2-8-5-9(6-11)13-10(12-8)7-3-4-7/h5,7H,2-4H2,1H3. The van der Waals surface area contributed by atoms with Crippen molar-refractivity contribution in [1.82, 2.24) is 9.97 Å². The molecule has 0 aromatic carbocycles. The van der Waals surface area contributed by atoms with Crippen LogP contribution < -0.4 is 0 Å². The smallest absolute Gasteiger partial charge is 0.144 e. The molecule has 66 valence electrons. The van der Waals surface area contributed by atoms with Gasteiger partial charge in [0.1, 0.15) is 17.6 Å². The van der Waals surface area contributed by atoms with Crippen molar-refractivity contribution >= 4 is 0 Å². The third kappa shape index (κ3) is 1.67. The number of nitriles is 1. The Morgan fingerprint density at radius 3 is 2.85 bits per heavy atom. The summed E-state index contributed by atoms with van der Waals surface area (Å²) >= 11 is 0.